The molecule has 106 valence electrons. The van der Waals surface area contributed by atoms with Crippen LogP contribution in [-0.2, 0) is 6.42 Å². The van der Waals surface area contributed by atoms with Crippen molar-refractivity contribution in [3.05, 3.63) is 46.2 Å². The van der Waals surface area contributed by atoms with Crippen molar-refractivity contribution in [2.75, 3.05) is 25.6 Å². The first-order valence-corrected chi connectivity index (χ1v) is 7.25. The number of anilines is 1. The van der Waals surface area contributed by atoms with Gasteiger partial charge in [0.25, 0.3) is 0 Å². The Hall–Kier alpha value is -2.01. The lowest BCUT2D eigenvalue weighted by Gasteiger charge is -2.22. The third kappa shape index (κ3) is 3.30. The molecular formula is C15H19N3OS. The first kappa shape index (κ1) is 14.4. The van der Waals surface area contributed by atoms with Gasteiger partial charge in [0.15, 0.2) is 0 Å². The summed E-state index contributed by atoms with van der Waals surface area (Å²) in [4.78, 5) is 3.46. The van der Waals surface area contributed by atoms with E-state index < -0.39 is 0 Å². The highest BCUT2D eigenvalue weighted by Crippen LogP contribution is 2.25. The molecule has 4 nitrogen and oxygen atoms in total. The van der Waals surface area contributed by atoms with Crippen LogP contribution in [0, 0.1) is 5.41 Å². The predicted octanol–water partition coefficient (Wildman–Crippen LogP) is 2.72. The normalized spacial score (nSPS) is 10.3. The summed E-state index contributed by atoms with van der Waals surface area (Å²) in [6, 6.07) is 9.78. The zero-order valence-corrected chi connectivity index (χ0v) is 12.5. The predicted molar refractivity (Wildman–Crippen MR) is 85.3 cm³/mol. The number of rotatable bonds is 6. The van der Waals surface area contributed by atoms with Crippen molar-refractivity contribution in [3.63, 3.8) is 0 Å². The van der Waals surface area contributed by atoms with Crippen LogP contribution in [0.25, 0.3) is 0 Å². The number of nitrogens with two attached hydrogens (primary N) is 1. The molecule has 1 heterocycles. The number of likely N-dealkylation sites (N-methyl/N-ethyl adjacent to an activating group) is 1. The summed E-state index contributed by atoms with van der Waals surface area (Å²) in [6.45, 7) is 0.869. The minimum Gasteiger partial charge on any atom is -0.497 e. The van der Waals surface area contributed by atoms with E-state index in [0.717, 1.165) is 30.0 Å². The molecule has 20 heavy (non-hydrogen) atoms. The molecule has 0 bridgehead atoms. The van der Waals surface area contributed by atoms with E-state index in [2.05, 4.69) is 22.4 Å². The van der Waals surface area contributed by atoms with Crippen LogP contribution >= 0.6 is 11.3 Å². The Morgan fingerprint density at radius 3 is 2.80 bits per heavy atom. The molecule has 0 aliphatic carbocycles. The SMILES string of the molecule is COc1ccc(C(=N)N)c(N(C)CCc2cccs2)c1. The monoisotopic (exact) mass is 289 g/mol. The highest BCUT2D eigenvalue weighted by Gasteiger charge is 2.11. The average Bonchev–Trinajstić information content (AvgIpc) is 2.97. The number of hydrogen-bond donors (Lipinski definition) is 2. The van der Waals surface area contributed by atoms with Crippen molar-refractivity contribution in [3.8, 4) is 5.75 Å². The van der Waals surface area contributed by atoms with E-state index >= 15 is 0 Å². The molecule has 3 N–H and O–H groups in total. The molecule has 0 atom stereocenters. The quantitative estimate of drug-likeness (QED) is 0.635. The zero-order chi connectivity index (χ0) is 14.5. The van der Waals surface area contributed by atoms with Crippen molar-refractivity contribution in [1.82, 2.24) is 0 Å². The maximum atomic E-state index is 7.68. The van der Waals surface area contributed by atoms with Crippen LogP contribution in [0.5, 0.6) is 5.75 Å². The molecule has 0 aliphatic rings. The number of benzene rings is 1. The summed E-state index contributed by atoms with van der Waals surface area (Å²) >= 11 is 1.76. The van der Waals surface area contributed by atoms with Crippen LogP contribution in [0.2, 0.25) is 0 Å². The molecule has 5 heteroatoms. The molecule has 0 unspecified atom stereocenters. The summed E-state index contributed by atoms with van der Waals surface area (Å²) in [6.07, 6.45) is 0.975. The highest BCUT2D eigenvalue weighted by atomic mass is 32.1. The Morgan fingerprint density at radius 1 is 1.40 bits per heavy atom. The number of nitrogen functional groups attached to an aromatic ring is 1. The third-order valence-electron chi connectivity index (χ3n) is 3.18. The minimum atomic E-state index is 0.0747. The van der Waals surface area contributed by atoms with Crippen molar-refractivity contribution in [2.24, 2.45) is 5.73 Å². The number of amidine groups is 1. The van der Waals surface area contributed by atoms with Gasteiger partial charge in [-0.15, -0.1) is 11.3 Å². The number of methoxy groups -OCH3 is 1. The van der Waals surface area contributed by atoms with Gasteiger partial charge in [0.2, 0.25) is 0 Å². The first-order valence-electron chi connectivity index (χ1n) is 6.37. The van der Waals surface area contributed by atoms with Crippen LogP contribution in [0.1, 0.15) is 10.4 Å². The topological polar surface area (TPSA) is 62.3 Å². The van der Waals surface area contributed by atoms with Gasteiger partial charge in [-0.3, -0.25) is 5.41 Å². The summed E-state index contributed by atoms with van der Waals surface area (Å²) in [5.74, 6) is 0.846. The first-order chi connectivity index (χ1) is 9.61. The fourth-order valence-electron chi connectivity index (χ4n) is 2.04. The number of ether oxygens (including phenoxy) is 1. The summed E-state index contributed by atoms with van der Waals surface area (Å²) < 4.78 is 5.25. The van der Waals surface area contributed by atoms with E-state index in [1.807, 2.05) is 25.2 Å². The van der Waals surface area contributed by atoms with Gasteiger partial charge in [0, 0.05) is 30.1 Å². The van der Waals surface area contributed by atoms with Crippen molar-refractivity contribution < 1.29 is 4.74 Å². The van der Waals surface area contributed by atoms with Crippen molar-refractivity contribution >= 4 is 22.9 Å². The van der Waals surface area contributed by atoms with Gasteiger partial charge in [0.05, 0.1) is 12.8 Å². The smallest absolute Gasteiger partial charge is 0.124 e. The van der Waals surface area contributed by atoms with Gasteiger partial charge in [-0.2, -0.15) is 0 Å². The molecule has 0 amide bonds. The Bertz CT molecular complexity index is 581. The second-order valence-electron chi connectivity index (χ2n) is 4.55. The zero-order valence-electron chi connectivity index (χ0n) is 11.7. The number of hydrogen-bond acceptors (Lipinski definition) is 4. The molecular weight excluding hydrogens is 270 g/mol. The molecule has 0 saturated heterocycles. The van der Waals surface area contributed by atoms with Crippen LogP contribution in [0.3, 0.4) is 0 Å². The lowest BCUT2D eigenvalue weighted by molar-refractivity contribution is 0.415. The molecule has 0 fully saturated rings. The molecule has 0 radical (unpaired) electrons. The largest absolute Gasteiger partial charge is 0.497 e. The Labute approximate surface area is 123 Å². The highest BCUT2D eigenvalue weighted by molar-refractivity contribution is 7.09. The van der Waals surface area contributed by atoms with E-state index in [4.69, 9.17) is 15.9 Å². The molecule has 0 aliphatic heterocycles. The fourth-order valence-corrected chi connectivity index (χ4v) is 2.73. The van der Waals surface area contributed by atoms with E-state index in [1.165, 1.54) is 4.88 Å². The number of nitrogens with zero attached hydrogens (tertiary/aromatic N) is 1. The Morgan fingerprint density at radius 2 is 2.20 bits per heavy atom. The standard InChI is InChI=1S/C15H19N3OS/c1-18(8-7-12-4-3-9-20-12)14-10-11(19-2)5-6-13(14)15(16)17/h3-6,9-10H,7-8H2,1-2H3,(H3,16,17). The summed E-state index contributed by atoms with van der Waals surface area (Å²) in [5.41, 5.74) is 7.31. The molecule has 1 aromatic heterocycles. The second kappa shape index (κ2) is 6.43. The van der Waals surface area contributed by atoms with Crippen molar-refractivity contribution in [2.45, 2.75) is 6.42 Å². The molecule has 2 aromatic rings. The Kier molecular flexibility index (Phi) is 4.63. The fraction of sp³-hybridized carbons (Fsp3) is 0.267. The second-order valence-corrected chi connectivity index (χ2v) is 5.58. The summed E-state index contributed by atoms with van der Waals surface area (Å²) in [5, 5.41) is 9.77. The van der Waals surface area contributed by atoms with Gasteiger partial charge in [0.1, 0.15) is 11.6 Å². The van der Waals surface area contributed by atoms with Gasteiger partial charge in [-0.05, 0) is 30.0 Å². The third-order valence-corrected chi connectivity index (χ3v) is 4.12. The molecule has 0 spiro atoms. The Balaban J connectivity index is 2.18. The number of thiophene rings is 1. The lowest BCUT2D eigenvalue weighted by atomic mass is 10.1. The molecule has 1 aromatic carbocycles. The van der Waals surface area contributed by atoms with E-state index in [-0.39, 0.29) is 5.84 Å². The maximum Gasteiger partial charge on any atom is 0.124 e. The average molecular weight is 289 g/mol. The van der Waals surface area contributed by atoms with Gasteiger partial charge >= 0.3 is 0 Å². The minimum absolute atomic E-state index is 0.0747. The van der Waals surface area contributed by atoms with Gasteiger partial charge in [-0.1, -0.05) is 6.07 Å². The van der Waals surface area contributed by atoms with Gasteiger partial charge in [-0.25, -0.2) is 0 Å². The molecule has 0 saturated carbocycles. The van der Waals surface area contributed by atoms with Crippen LogP contribution in [-0.4, -0.2) is 26.5 Å². The summed E-state index contributed by atoms with van der Waals surface area (Å²) in [7, 11) is 3.65. The van der Waals surface area contributed by atoms with Crippen LogP contribution < -0.4 is 15.4 Å². The van der Waals surface area contributed by atoms with Crippen LogP contribution in [0.4, 0.5) is 5.69 Å². The maximum absolute atomic E-state index is 7.68. The van der Waals surface area contributed by atoms with Gasteiger partial charge < -0.3 is 15.4 Å². The van der Waals surface area contributed by atoms with Crippen LogP contribution in [0.15, 0.2) is 35.7 Å². The molecule has 2 rings (SSSR count). The van der Waals surface area contributed by atoms with Crippen molar-refractivity contribution in [1.29, 1.82) is 5.41 Å². The van der Waals surface area contributed by atoms with E-state index in [0.29, 0.717) is 0 Å². The lowest BCUT2D eigenvalue weighted by Crippen LogP contribution is -2.24. The number of nitrogens with one attached hydrogen (secondary N) is 1. The van der Waals surface area contributed by atoms with E-state index in [9.17, 15) is 0 Å². The van der Waals surface area contributed by atoms with E-state index in [1.54, 1.807) is 18.4 Å².